The van der Waals surface area contributed by atoms with E-state index in [1.165, 1.54) is 0 Å². The van der Waals surface area contributed by atoms with Crippen molar-refractivity contribution in [2.75, 3.05) is 38.2 Å². The fourth-order valence-electron chi connectivity index (χ4n) is 3.60. The standard InChI is InChI=1S/C21H21ClN2O3S/c1-27-17-6-2-5-16(15-17)23-11-13-24(14-12-23)28(25,26)21-10-4-7-18-19(21)8-3-9-20(18)22/h2-10,15H,11-14H2,1H3. The van der Waals surface area contributed by atoms with Crippen LogP contribution in [0.5, 0.6) is 5.75 Å². The van der Waals surface area contributed by atoms with E-state index in [0.717, 1.165) is 16.8 Å². The van der Waals surface area contributed by atoms with Crippen LogP contribution in [-0.4, -0.2) is 46.0 Å². The van der Waals surface area contributed by atoms with Crippen molar-refractivity contribution in [3.05, 3.63) is 65.7 Å². The maximum absolute atomic E-state index is 13.3. The Labute approximate surface area is 170 Å². The van der Waals surface area contributed by atoms with E-state index in [4.69, 9.17) is 16.3 Å². The van der Waals surface area contributed by atoms with Crippen LogP contribution in [0.3, 0.4) is 0 Å². The fourth-order valence-corrected chi connectivity index (χ4v) is 5.47. The first-order valence-electron chi connectivity index (χ1n) is 9.07. The van der Waals surface area contributed by atoms with Gasteiger partial charge in [0.15, 0.2) is 0 Å². The van der Waals surface area contributed by atoms with E-state index >= 15 is 0 Å². The molecular weight excluding hydrogens is 396 g/mol. The lowest BCUT2D eigenvalue weighted by Gasteiger charge is -2.35. The van der Waals surface area contributed by atoms with E-state index in [2.05, 4.69) is 4.90 Å². The number of ether oxygens (including phenoxy) is 1. The number of methoxy groups -OCH3 is 1. The van der Waals surface area contributed by atoms with Gasteiger partial charge in [0.1, 0.15) is 5.75 Å². The predicted molar refractivity (Wildman–Crippen MR) is 113 cm³/mol. The van der Waals surface area contributed by atoms with Gasteiger partial charge in [-0.25, -0.2) is 8.42 Å². The first-order chi connectivity index (χ1) is 13.5. The van der Waals surface area contributed by atoms with Gasteiger partial charge in [-0.15, -0.1) is 0 Å². The summed E-state index contributed by atoms with van der Waals surface area (Å²) in [6, 6.07) is 18.4. The maximum atomic E-state index is 13.3. The monoisotopic (exact) mass is 416 g/mol. The molecule has 5 nitrogen and oxygen atoms in total. The molecule has 1 aliphatic heterocycles. The number of rotatable bonds is 4. The number of anilines is 1. The molecule has 0 spiro atoms. The summed E-state index contributed by atoms with van der Waals surface area (Å²) in [5.41, 5.74) is 1.04. The summed E-state index contributed by atoms with van der Waals surface area (Å²) in [5, 5.41) is 1.96. The van der Waals surface area contributed by atoms with Crippen LogP contribution in [0, 0.1) is 0 Å². The van der Waals surface area contributed by atoms with Gasteiger partial charge in [0.25, 0.3) is 0 Å². The summed E-state index contributed by atoms with van der Waals surface area (Å²) < 4.78 is 33.4. The molecule has 0 aromatic heterocycles. The fraction of sp³-hybridized carbons (Fsp3) is 0.238. The number of piperazine rings is 1. The van der Waals surface area contributed by atoms with E-state index in [0.29, 0.717) is 41.5 Å². The second-order valence-electron chi connectivity index (χ2n) is 6.68. The third-order valence-corrected chi connectivity index (χ3v) is 7.39. The number of sulfonamides is 1. The molecular formula is C21H21ClN2O3S. The predicted octanol–water partition coefficient (Wildman–Crippen LogP) is 4.01. The highest BCUT2D eigenvalue weighted by atomic mass is 35.5. The van der Waals surface area contributed by atoms with Crippen molar-refractivity contribution >= 4 is 38.1 Å². The molecule has 3 aromatic rings. The van der Waals surface area contributed by atoms with Gasteiger partial charge in [0.05, 0.1) is 12.0 Å². The van der Waals surface area contributed by atoms with Gasteiger partial charge >= 0.3 is 0 Å². The van der Waals surface area contributed by atoms with Gasteiger partial charge in [-0.05, 0) is 24.3 Å². The molecule has 0 radical (unpaired) electrons. The molecule has 0 amide bonds. The van der Waals surface area contributed by atoms with E-state index in [-0.39, 0.29) is 0 Å². The molecule has 1 aliphatic rings. The van der Waals surface area contributed by atoms with Crippen LogP contribution in [0.1, 0.15) is 0 Å². The molecule has 0 N–H and O–H groups in total. The van der Waals surface area contributed by atoms with E-state index in [1.807, 2.05) is 30.3 Å². The van der Waals surface area contributed by atoms with Crippen LogP contribution in [-0.2, 0) is 10.0 Å². The van der Waals surface area contributed by atoms with Crippen molar-refractivity contribution in [1.82, 2.24) is 4.31 Å². The summed E-state index contributed by atoms with van der Waals surface area (Å²) in [7, 11) is -1.96. The number of hydrogen-bond donors (Lipinski definition) is 0. The van der Waals surface area contributed by atoms with Gasteiger partial charge in [-0.2, -0.15) is 4.31 Å². The second kappa shape index (κ2) is 7.62. The molecule has 0 bridgehead atoms. The zero-order chi connectivity index (χ0) is 19.7. The van der Waals surface area contributed by atoms with Crippen LogP contribution in [0.15, 0.2) is 65.6 Å². The highest BCUT2D eigenvalue weighted by molar-refractivity contribution is 7.89. The Morgan fingerprint density at radius 2 is 1.57 bits per heavy atom. The topological polar surface area (TPSA) is 49.9 Å². The van der Waals surface area contributed by atoms with Crippen LogP contribution in [0.25, 0.3) is 10.8 Å². The number of fused-ring (bicyclic) bond motifs is 1. The first-order valence-corrected chi connectivity index (χ1v) is 10.9. The smallest absolute Gasteiger partial charge is 0.243 e. The number of benzene rings is 3. The van der Waals surface area contributed by atoms with E-state index in [1.54, 1.807) is 41.7 Å². The van der Waals surface area contributed by atoms with E-state index < -0.39 is 10.0 Å². The number of halogens is 1. The lowest BCUT2D eigenvalue weighted by atomic mass is 10.1. The minimum atomic E-state index is -3.60. The minimum absolute atomic E-state index is 0.308. The van der Waals surface area contributed by atoms with Crippen molar-refractivity contribution in [2.24, 2.45) is 0 Å². The summed E-state index contributed by atoms with van der Waals surface area (Å²) in [5.74, 6) is 0.792. The van der Waals surface area contributed by atoms with Crippen LogP contribution in [0.4, 0.5) is 5.69 Å². The van der Waals surface area contributed by atoms with Crippen LogP contribution >= 0.6 is 11.6 Å². The quantitative estimate of drug-likeness (QED) is 0.644. The van der Waals surface area contributed by atoms with Crippen molar-refractivity contribution < 1.29 is 13.2 Å². The molecule has 1 fully saturated rings. The zero-order valence-electron chi connectivity index (χ0n) is 15.5. The summed E-state index contributed by atoms with van der Waals surface area (Å²) in [4.78, 5) is 2.48. The number of hydrogen-bond acceptors (Lipinski definition) is 4. The molecule has 28 heavy (non-hydrogen) atoms. The lowest BCUT2D eigenvalue weighted by Crippen LogP contribution is -2.48. The molecule has 7 heteroatoms. The molecule has 4 rings (SSSR count). The summed E-state index contributed by atoms with van der Waals surface area (Å²) in [6.07, 6.45) is 0. The Kier molecular flexibility index (Phi) is 5.19. The molecule has 0 atom stereocenters. The minimum Gasteiger partial charge on any atom is -0.497 e. The molecule has 0 aliphatic carbocycles. The largest absolute Gasteiger partial charge is 0.497 e. The van der Waals surface area contributed by atoms with Gasteiger partial charge in [0, 0.05) is 53.7 Å². The van der Waals surface area contributed by atoms with Crippen molar-refractivity contribution in [3.8, 4) is 5.75 Å². The lowest BCUT2D eigenvalue weighted by molar-refractivity contribution is 0.384. The highest BCUT2D eigenvalue weighted by Gasteiger charge is 2.30. The Hall–Kier alpha value is -2.28. The average Bonchev–Trinajstić information content (AvgIpc) is 2.74. The Bertz CT molecular complexity index is 1110. The summed E-state index contributed by atoms with van der Waals surface area (Å²) >= 11 is 6.25. The molecule has 1 saturated heterocycles. The first kappa shape index (κ1) is 19.1. The van der Waals surface area contributed by atoms with Crippen molar-refractivity contribution in [2.45, 2.75) is 4.90 Å². The Balaban J connectivity index is 1.58. The van der Waals surface area contributed by atoms with E-state index in [9.17, 15) is 8.42 Å². The average molecular weight is 417 g/mol. The molecule has 0 unspecified atom stereocenters. The molecule has 3 aromatic carbocycles. The van der Waals surface area contributed by atoms with Gasteiger partial charge in [0.2, 0.25) is 10.0 Å². The Morgan fingerprint density at radius 3 is 2.32 bits per heavy atom. The third-order valence-electron chi connectivity index (χ3n) is 5.10. The maximum Gasteiger partial charge on any atom is 0.243 e. The normalized spacial score (nSPS) is 15.7. The SMILES string of the molecule is COc1cccc(N2CCN(S(=O)(=O)c3cccc4c(Cl)cccc34)CC2)c1. The highest BCUT2D eigenvalue weighted by Crippen LogP contribution is 2.31. The van der Waals surface area contributed by atoms with Crippen LogP contribution < -0.4 is 9.64 Å². The van der Waals surface area contributed by atoms with Crippen molar-refractivity contribution in [1.29, 1.82) is 0 Å². The summed E-state index contributed by atoms with van der Waals surface area (Å²) in [6.45, 7) is 2.10. The van der Waals surface area contributed by atoms with Crippen molar-refractivity contribution in [3.63, 3.8) is 0 Å². The van der Waals surface area contributed by atoms with Gasteiger partial charge < -0.3 is 9.64 Å². The molecule has 0 saturated carbocycles. The third kappa shape index (κ3) is 3.43. The molecule has 146 valence electrons. The Morgan fingerprint density at radius 1 is 0.893 bits per heavy atom. The van der Waals surface area contributed by atoms with Crippen LogP contribution in [0.2, 0.25) is 5.02 Å². The number of nitrogens with zero attached hydrogens (tertiary/aromatic N) is 2. The molecule has 1 heterocycles. The second-order valence-corrected chi connectivity index (χ2v) is 9.00. The van der Waals surface area contributed by atoms with Gasteiger partial charge in [-0.1, -0.05) is 41.9 Å². The zero-order valence-corrected chi connectivity index (χ0v) is 17.1. The van der Waals surface area contributed by atoms with Gasteiger partial charge in [-0.3, -0.25) is 0 Å².